The summed E-state index contributed by atoms with van der Waals surface area (Å²) in [5.74, 6) is -1.98. The number of fused-ring (bicyclic) bond motifs is 2. The minimum Gasteiger partial charge on any atom is -0.446 e. The maximum absolute atomic E-state index is 14.3. The van der Waals surface area contributed by atoms with Gasteiger partial charge >= 0.3 is 18.4 Å². The molecular formula is C79H87F7N8O8. The van der Waals surface area contributed by atoms with E-state index >= 15 is 0 Å². The first-order chi connectivity index (χ1) is 48.8. The highest BCUT2D eigenvalue weighted by Gasteiger charge is 2.50. The summed E-state index contributed by atoms with van der Waals surface area (Å²) in [7, 11) is 7.34. The lowest BCUT2D eigenvalue weighted by Gasteiger charge is -2.44. The van der Waals surface area contributed by atoms with Gasteiger partial charge in [-0.2, -0.15) is 26.3 Å². The molecule has 1 spiro atoms. The Labute approximate surface area is 590 Å². The van der Waals surface area contributed by atoms with Crippen LogP contribution in [0.25, 0.3) is 11.1 Å². The highest BCUT2D eigenvalue weighted by Crippen LogP contribution is 2.49. The van der Waals surface area contributed by atoms with E-state index in [9.17, 15) is 54.7 Å². The van der Waals surface area contributed by atoms with E-state index in [-0.39, 0.29) is 55.6 Å². The molecule has 11 rings (SSSR count). The first-order valence-corrected chi connectivity index (χ1v) is 34.7. The van der Waals surface area contributed by atoms with Crippen molar-refractivity contribution < 1.29 is 68.9 Å². The number of carbonyl (C=O) groups excluding carboxylic acids is 5. The Morgan fingerprint density at radius 3 is 1.96 bits per heavy atom. The number of anilines is 1. The summed E-state index contributed by atoms with van der Waals surface area (Å²) in [6, 6.07) is 47.3. The van der Waals surface area contributed by atoms with E-state index in [0.717, 1.165) is 64.3 Å². The second kappa shape index (κ2) is 32.5. The Morgan fingerprint density at radius 2 is 1.25 bits per heavy atom. The molecule has 7 aromatic rings. The van der Waals surface area contributed by atoms with Crippen LogP contribution in [-0.2, 0) is 61.8 Å². The number of ether oxygens (including phenoxy) is 3. The number of benzene rings is 7. The number of likely N-dealkylation sites (N-methyl/N-ethyl adjacent to an activating group) is 3. The number of hydrogen-bond acceptors (Lipinski definition) is 11. The number of halogens is 7. The maximum atomic E-state index is 14.3. The number of nitrogens with zero attached hydrogens (tertiary/aromatic N) is 7. The van der Waals surface area contributed by atoms with Crippen molar-refractivity contribution in [2.75, 3.05) is 119 Å². The van der Waals surface area contributed by atoms with Crippen LogP contribution in [0, 0.1) is 5.82 Å². The van der Waals surface area contributed by atoms with E-state index in [4.69, 9.17) is 14.2 Å². The maximum Gasteiger partial charge on any atom is 0.416 e. The van der Waals surface area contributed by atoms with Gasteiger partial charge in [0, 0.05) is 108 Å². The Balaban J connectivity index is 0.587. The van der Waals surface area contributed by atoms with Crippen molar-refractivity contribution >= 4 is 35.4 Å². The zero-order valence-electron chi connectivity index (χ0n) is 57.9. The fourth-order valence-corrected chi connectivity index (χ4v) is 14.5. The normalized spacial score (nSPS) is 17.9. The second-order valence-electron chi connectivity index (χ2n) is 27.5. The number of piperidine rings is 2. The minimum atomic E-state index is -5.15. The van der Waals surface area contributed by atoms with Gasteiger partial charge in [0.15, 0.2) is 0 Å². The smallest absolute Gasteiger partial charge is 0.416 e. The molecule has 2 atom stereocenters. The van der Waals surface area contributed by atoms with Gasteiger partial charge in [0.25, 0.3) is 17.7 Å². The molecule has 3 saturated heterocycles. The standard InChI is InChI=1S/C79H87F7N8O8/c1-88(51-56-14-12-18-60(46-56)73(97)91(4)44-45-92-39-31-66(32-40-92)102-75(99)87-69-21-11-9-19-67(69)57-15-6-5-7-16-57)38-30-55-22-24-58(25-23-55)72(96)90(3)37-13-36-89(2)71(95)52-100-70-49-59-17-8-10-20-68(59)76(70)33-41-93(42-34-76)43-35-77(62-26-28-65(80)29-27-62)53-94(54-101-77)74(98)61-47-63(78(81,82)83)50-64(48-61)79(84,85)86/h5-12,14-29,46-48,50,66,70H,13,30-45,49,51-54H2,1-4H3,(H,87,99)/t70-,77+/m0/s1. The fourth-order valence-electron chi connectivity index (χ4n) is 14.5. The number of nitrogens with one attached hydrogen (secondary N) is 1. The third-order valence-corrected chi connectivity index (χ3v) is 20.5. The molecule has 23 heteroatoms. The van der Waals surface area contributed by atoms with Crippen molar-refractivity contribution in [2.24, 2.45) is 0 Å². The van der Waals surface area contributed by atoms with Gasteiger partial charge in [0.05, 0.1) is 29.5 Å². The SMILES string of the molecule is CN(CCc1ccc(C(=O)N(C)CCCN(C)C(=O)CO[C@H]2Cc3ccccc3C23CCN(CC[C@]2(c4ccc(F)cc4)CN(C(=O)c4cc(C(F)(F)F)cc(C(F)(F)F)c4)CO2)CC3)cc1)Cc1cccc(C(=O)N(C)CCN2CCC(OC(=O)Nc3ccccc3-c3ccccc3)CC2)c1. The molecule has 1 N–H and O–H groups in total. The summed E-state index contributed by atoms with van der Waals surface area (Å²) >= 11 is 0. The van der Waals surface area contributed by atoms with Crippen molar-refractivity contribution in [3.05, 3.63) is 231 Å². The van der Waals surface area contributed by atoms with Crippen LogP contribution >= 0.6 is 0 Å². The lowest BCUT2D eigenvalue weighted by Crippen LogP contribution is -2.50. The average molecular weight is 1410 g/mol. The number of carbonyl (C=O) groups is 5. The Bertz CT molecular complexity index is 4020. The molecule has 540 valence electrons. The molecule has 3 fully saturated rings. The van der Waals surface area contributed by atoms with E-state index in [1.54, 1.807) is 28.8 Å². The first kappa shape index (κ1) is 74.2. The van der Waals surface area contributed by atoms with Crippen LogP contribution in [0.4, 0.5) is 41.2 Å². The minimum absolute atomic E-state index is 0.0280. The molecule has 16 nitrogen and oxygen atoms in total. The van der Waals surface area contributed by atoms with Crippen LogP contribution < -0.4 is 5.32 Å². The van der Waals surface area contributed by atoms with Gasteiger partial charge in [-0.1, -0.05) is 109 Å². The second-order valence-corrected chi connectivity index (χ2v) is 27.5. The zero-order valence-corrected chi connectivity index (χ0v) is 57.9. The van der Waals surface area contributed by atoms with E-state index in [1.165, 1.54) is 24.3 Å². The lowest BCUT2D eigenvalue weighted by molar-refractivity contribution is -0.143. The Morgan fingerprint density at radius 1 is 0.618 bits per heavy atom. The largest absolute Gasteiger partial charge is 0.446 e. The van der Waals surface area contributed by atoms with E-state index in [2.05, 4.69) is 32.1 Å². The van der Waals surface area contributed by atoms with Crippen LogP contribution in [0.15, 0.2) is 170 Å². The van der Waals surface area contributed by atoms with Gasteiger partial charge in [-0.25, -0.2) is 9.18 Å². The summed E-state index contributed by atoms with van der Waals surface area (Å²) in [5.41, 5.74) is 3.01. The summed E-state index contributed by atoms with van der Waals surface area (Å²) in [5, 5.41) is 2.94. The molecule has 0 aromatic heterocycles. The van der Waals surface area contributed by atoms with Crippen LogP contribution in [0.5, 0.6) is 0 Å². The van der Waals surface area contributed by atoms with Crippen LogP contribution in [0.2, 0.25) is 0 Å². The zero-order chi connectivity index (χ0) is 72.3. The lowest BCUT2D eigenvalue weighted by atomic mass is 9.72. The van der Waals surface area contributed by atoms with E-state index in [0.29, 0.717) is 125 Å². The molecule has 3 aliphatic heterocycles. The van der Waals surface area contributed by atoms with Crippen molar-refractivity contribution in [3.8, 4) is 11.1 Å². The third kappa shape index (κ3) is 18.2. The van der Waals surface area contributed by atoms with Gasteiger partial charge in [-0.05, 0) is 166 Å². The summed E-state index contributed by atoms with van der Waals surface area (Å²) in [6.07, 6.45) is -6.37. The molecule has 102 heavy (non-hydrogen) atoms. The highest BCUT2D eigenvalue weighted by molar-refractivity contribution is 5.96. The monoisotopic (exact) mass is 1410 g/mol. The third-order valence-electron chi connectivity index (χ3n) is 20.5. The van der Waals surface area contributed by atoms with Crippen LogP contribution in [0.1, 0.15) is 109 Å². The molecule has 0 bridgehead atoms. The van der Waals surface area contributed by atoms with Gasteiger partial charge in [-0.3, -0.25) is 24.5 Å². The molecule has 7 aromatic carbocycles. The molecular weight excluding hydrogens is 1320 g/mol. The molecule has 0 saturated carbocycles. The highest BCUT2D eigenvalue weighted by atomic mass is 19.4. The molecule has 1 aliphatic carbocycles. The molecule has 0 unspecified atom stereocenters. The summed E-state index contributed by atoms with van der Waals surface area (Å²) in [4.78, 5) is 80.5. The Kier molecular flexibility index (Phi) is 23.7. The van der Waals surface area contributed by atoms with Crippen molar-refractivity contribution in [1.29, 1.82) is 0 Å². The van der Waals surface area contributed by atoms with E-state index in [1.807, 2.05) is 129 Å². The number of para-hydroxylation sites is 1. The van der Waals surface area contributed by atoms with Crippen molar-refractivity contribution in [2.45, 2.75) is 93.5 Å². The van der Waals surface area contributed by atoms with Gasteiger partial charge in [-0.15, -0.1) is 0 Å². The van der Waals surface area contributed by atoms with Crippen LogP contribution in [0.3, 0.4) is 0 Å². The topological polar surface area (TPSA) is 148 Å². The van der Waals surface area contributed by atoms with Gasteiger partial charge in [0.1, 0.15) is 30.9 Å². The van der Waals surface area contributed by atoms with Crippen molar-refractivity contribution in [1.82, 2.24) is 34.3 Å². The average Bonchev–Trinajstić information content (AvgIpc) is 1.70. The summed E-state index contributed by atoms with van der Waals surface area (Å²) < 4.78 is 116. The quantitative estimate of drug-likeness (QED) is 0.0545. The molecule has 0 radical (unpaired) electrons. The molecule has 5 amide bonds. The Hall–Kier alpha value is -9.00. The number of likely N-dealkylation sites (tertiary alicyclic amines) is 2. The fraction of sp³-hybridized carbons (Fsp3) is 0.405. The molecule has 3 heterocycles. The predicted octanol–water partition coefficient (Wildman–Crippen LogP) is 13.3. The number of hydrogen-bond donors (Lipinski definition) is 1. The van der Waals surface area contributed by atoms with Crippen LogP contribution in [-0.4, -0.2) is 190 Å². The van der Waals surface area contributed by atoms with E-state index < -0.39 is 64.6 Å². The van der Waals surface area contributed by atoms with Crippen molar-refractivity contribution in [3.63, 3.8) is 0 Å². The number of amides is 5. The summed E-state index contributed by atoms with van der Waals surface area (Å²) in [6.45, 7) is 5.80. The number of rotatable bonds is 25. The first-order valence-electron chi connectivity index (χ1n) is 34.7. The number of alkyl halides is 6. The van der Waals surface area contributed by atoms with Gasteiger partial charge < -0.3 is 48.5 Å². The molecule has 4 aliphatic rings. The predicted molar refractivity (Wildman–Crippen MR) is 374 cm³/mol. The van der Waals surface area contributed by atoms with Gasteiger partial charge in [0.2, 0.25) is 5.91 Å².